The molecular weight excluding hydrogens is 246 g/mol. The average Bonchev–Trinajstić information content (AvgIpc) is 2.84. The zero-order valence-corrected chi connectivity index (χ0v) is 11.5. The fourth-order valence-electron chi connectivity index (χ4n) is 2.42. The molecule has 2 heterocycles. The van der Waals surface area contributed by atoms with Crippen LogP contribution in [-0.4, -0.2) is 46.8 Å². The predicted octanol–water partition coefficient (Wildman–Crippen LogP) is 1.02. The molecule has 0 amide bonds. The standard InChI is InChI=1S/C13H19N3O3/c1-4-16(11-7-19-6-10(11)13(17)18)12-9(3)14-5-8(2)15-12/h5,10-11H,4,6-7H2,1-3H3,(H,17,18). The smallest absolute Gasteiger partial charge is 0.311 e. The lowest BCUT2D eigenvalue weighted by Crippen LogP contribution is -2.44. The topological polar surface area (TPSA) is 75.5 Å². The summed E-state index contributed by atoms with van der Waals surface area (Å²) in [5.74, 6) is -0.579. The SMILES string of the molecule is CCN(c1nc(C)cnc1C)C1COCC1C(=O)O. The highest BCUT2D eigenvalue weighted by Crippen LogP contribution is 2.26. The molecule has 2 rings (SSSR count). The number of hydrogen-bond acceptors (Lipinski definition) is 5. The summed E-state index contributed by atoms with van der Waals surface area (Å²) in [5.41, 5.74) is 1.63. The molecule has 0 bridgehead atoms. The first-order chi connectivity index (χ1) is 9.04. The summed E-state index contributed by atoms with van der Waals surface area (Å²) in [6.45, 7) is 7.10. The zero-order valence-electron chi connectivity index (χ0n) is 11.5. The quantitative estimate of drug-likeness (QED) is 0.876. The van der Waals surface area contributed by atoms with Gasteiger partial charge in [-0.1, -0.05) is 0 Å². The molecule has 1 fully saturated rings. The van der Waals surface area contributed by atoms with Crippen molar-refractivity contribution in [1.82, 2.24) is 9.97 Å². The van der Waals surface area contributed by atoms with E-state index in [4.69, 9.17) is 4.74 Å². The Hall–Kier alpha value is -1.69. The van der Waals surface area contributed by atoms with Crippen LogP contribution >= 0.6 is 0 Å². The van der Waals surface area contributed by atoms with Gasteiger partial charge in [-0.3, -0.25) is 9.78 Å². The Labute approximate surface area is 112 Å². The molecule has 1 N–H and O–H groups in total. The molecule has 0 saturated carbocycles. The second-order valence-electron chi connectivity index (χ2n) is 4.76. The zero-order chi connectivity index (χ0) is 14.0. The lowest BCUT2D eigenvalue weighted by Gasteiger charge is -2.31. The minimum Gasteiger partial charge on any atom is -0.481 e. The molecule has 1 aliphatic rings. The van der Waals surface area contributed by atoms with E-state index in [0.29, 0.717) is 13.2 Å². The third kappa shape index (κ3) is 2.68. The van der Waals surface area contributed by atoms with Crippen molar-refractivity contribution < 1.29 is 14.6 Å². The first kappa shape index (κ1) is 13.7. The number of likely N-dealkylation sites (N-methyl/N-ethyl adjacent to an activating group) is 1. The Bertz CT molecular complexity index is 478. The number of rotatable bonds is 4. The highest BCUT2D eigenvalue weighted by Gasteiger charge is 2.38. The van der Waals surface area contributed by atoms with Crippen LogP contribution in [0.3, 0.4) is 0 Å². The van der Waals surface area contributed by atoms with E-state index in [0.717, 1.165) is 17.2 Å². The monoisotopic (exact) mass is 265 g/mol. The molecule has 104 valence electrons. The highest BCUT2D eigenvalue weighted by atomic mass is 16.5. The maximum atomic E-state index is 11.3. The third-order valence-corrected chi connectivity index (χ3v) is 3.43. The van der Waals surface area contributed by atoms with Gasteiger partial charge in [0, 0.05) is 12.7 Å². The van der Waals surface area contributed by atoms with Gasteiger partial charge in [0.1, 0.15) is 5.92 Å². The lowest BCUT2D eigenvalue weighted by molar-refractivity contribution is -0.141. The fourth-order valence-corrected chi connectivity index (χ4v) is 2.42. The second-order valence-corrected chi connectivity index (χ2v) is 4.76. The average molecular weight is 265 g/mol. The van der Waals surface area contributed by atoms with E-state index in [1.54, 1.807) is 6.20 Å². The molecule has 2 atom stereocenters. The third-order valence-electron chi connectivity index (χ3n) is 3.43. The molecular formula is C13H19N3O3. The molecule has 1 aliphatic heterocycles. The van der Waals surface area contributed by atoms with Gasteiger partial charge in [0.25, 0.3) is 0 Å². The number of hydrogen-bond donors (Lipinski definition) is 1. The number of aryl methyl sites for hydroxylation is 2. The van der Waals surface area contributed by atoms with Gasteiger partial charge in [0.2, 0.25) is 0 Å². The molecule has 1 aromatic rings. The van der Waals surface area contributed by atoms with E-state index in [2.05, 4.69) is 9.97 Å². The normalized spacial score (nSPS) is 22.5. The molecule has 0 aromatic carbocycles. The minimum atomic E-state index is -0.820. The number of carboxylic acids is 1. The summed E-state index contributed by atoms with van der Waals surface area (Å²) in [4.78, 5) is 22.1. The van der Waals surface area contributed by atoms with Crippen LogP contribution < -0.4 is 4.90 Å². The second kappa shape index (κ2) is 5.52. The summed E-state index contributed by atoms with van der Waals surface area (Å²) < 4.78 is 5.33. The minimum absolute atomic E-state index is 0.183. The van der Waals surface area contributed by atoms with Gasteiger partial charge in [0.15, 0.2) is 5.82 Å². The van der Waals surface area contributed by atoms with Gasteiger partial charge in [0.05, 0.1) is 30.6 Å². The van der Waals surface area contributed by atoms with Gasteiger partial charge in [-0.25, -0.2) is 4.98 Å². The maximum Gasteiger partial charge on any atom is 0.311 e. The molecule has 0 radical (unpaired) electrons. The van der Waals surface area contributed by atoms with Crippen LogP contribution in [0.15, 0.2) is 6.20 Å². The van der Waals surface area contributed by atoms with Crippen molar-refractivity contribution in [2.24, 2.45) is 5.92 Å². The molecule has 0 aliphatic carbocycles. The predicted molar refractivity (Wildman–Crippen MR) is 70.3 cm³/mol. The van der Waals surface area contributed by atoms with E-state index in [9.17, 15) is 9.90 Å². The summed E-state index contributed by atoms with van der Waals surface area (Å²) >= 11 is 0. The van der Waals surface area contributed by atoms with Gasteiger partial charge < -0.3 is 14.7 Å². The van der Waals surface area contributed by atoms with Crippen LogP contribution in [0, 0.1) is 19.8 Å². The first-order valence-corrected chi connectivity index (χ1v) is 6.42. The van der Waals surface area contributed by atoms with Gasteiger partial charge in [-0.05, 0) is 20.8 Å². The van der Waals surface area contributed by atoms with Gasteiger partial charge >= 0.3 is 5.97 Å². The van der Waals surface area contributed by atoms with Crippen LogP contribution in [0.5, 0.6) is 0 Å². The number of anilines is 1. The van der Waals surface area contributed by atoms with Gasteiger partial charge in [-0.2, -0.15) is 0 Å². The van der Waals surface area contributed by atoms with Crippen molar-refractivity contribution in [3.05, 3.63) is 17.6 Å². The molecule has 2 unspecified atom stereocenters. The number of aromatic nitrogens is 2. The molecule has 1 aromatic heterocycles. The Morgan fingerprint density at radius 2 is 2.26 bits per heavy atom. The number of ether oxygens (including phenoxy) is 1. The number of carboxylic acid groups (broad SMARTS) is 1. The molecule has 1 saturated heterocycles. The van der Waals surface area contributed by atoms with Gasteiger partial charge in [-0.15, -0.1) is 0 Å². The summed E-state index contributed by atoms with van der Waals surface area (Å²) in [5, 5.41) is 9.26. The molecule has 6 heteroatoms. The van der Waals surface area contributed by atoms with Crippen molar-refractivity contribution in [1.29, 1.82) is 0 Å². The number of aliphatic carboxylic acids is 1. The maximum absolute atomic E-state index is 11.3. The van der Waals surface area contributed by atoms with E-state index in [1.807, 2.05) is 25.7 Å². The first-order valence-electron chi connectivity index (χ1n) is 6.42. The summed E-state index contributed by atoms with van der Waals surface area (Å²) in [6, 6.07) is -0.183. The Balaban J connectivity index is 2.33. The van der Waals surface area contributed by atoms with Crippen molar-refractivity contribution >= 4 is 11.8 Å². The van der Waals surface area contributed by atoms with Crippen molar-refractivity contribution in [2.45, 2.75) is 26.8 Å². The van der Waals surface area contributed by atoms with Crippen LogP contribution in [-0.2, 0) is 9.53 Å². The number of nitrogens with zero attached hydrogens (tertiary/aromatic N) is 3. The Morgan fingerprint density at radius 3 is 2.89 bits per heavy atom. The van der Waals surface area contributed by atoms with Crippen LogP contribution in [0.25, 0.3) is 0 Å². The van der Waals surface area contributed by atoms with Crippen molar-refractivity contribution in [2.75, 3.05) is 24.7 Å². The van der Waals surface area contributed by atoms with E-state index in [-0.39, 0.29) is 12.6 Å². The molecule has 0 spiro atoms. The van der Waals surface area contributed by atoms with Crippen molar-refractivity contribution in [3.8, 4) is 0 Å². The van der Waals surface area contributed by atoms with E-state index < -0.39 is 11.9 Å². The van der Waals surface area contributed by atoms with E-state index >= 15 is 0 Å². The van der Waals surface area contributed by atoms with Crippen molar-refractivity contribution in [3.63, 3.8) is 0 Å². The summed E-state index contributed by atoms with van der Waals surface area (Å²) in [6.07, 6.45) is 1.71. The van der Waals surface area contributed by atoms with Crippen LogP contribution in [0.2, 0.25) is 0 Å². The molecule has 19 heavy (non-hydrogen) atoms. The van der Waals surface area contributed by atoms with E-state index in [1.165, 1.54) is 0 Å². The highest BCUT2D eigenvalue weighted by molar-refractivity contribution is 5.72. The fraction of sp³-hybridized carbons (Fsp3) is 0.615. The number of carbonyl (C=O) groups is 1. The Morgan fingerprint density at radius 1 is 1.53 bits per heavy atom. The molecule has 6 nitrogen and oxygen atoms in total. The largest absolute Gasteiger partial charge is 0.481 e. The summed E-state index contributed by atoms with van der Waals surface area (Å²) in [7, 11) is 0. The van der Waals surface area contributed by atoms with Crippen LogP contribution in [0.1, 0.15) is 18.3 Å². The van der Waals surface area contributed by atoms with Crippen LogP contribution in [0.4, 0.5) is 5.82 Å². The lowest BCUT2D eigenvalue weighted by atomic mass is 10.0. The Kier molecular flexibility index (Phi) is 3.99.